The van der Waals surface area contributed by atoms with Crippen LogP contribution in [-0.2, 0) is 0 Å². The summed E-state index contributed by atoms with van der Waals surface area (Å²) in [7, 11) is 0. The third kappa shape index (κ3) is 1.74. The lowest BCUT2D eigenvalue weighted by Crippen LogP contribution is -1.79. The van der Waals surface area contributed by atoms with Gasteiger partial charge in [0.1, 0.15) is 0 Å². The Morgan fingerprint density at radius 2 is 2.18 bits per heavy atom. The quantitative estimate of drug-likeness (QED) is 0.587. The Kier molecular flexibility index (Phi) is 2.55. The fraction of sp³-hybridized carbons (Fsp3) is 0.111. The minimum absolute atomic E-state index is 0.896. The monoisotopic (exact) mass is 146 g/mol. The third-order valence-corrected chi connectivity index (χ3v) is 1.42. The molecule has 1 heterocycles. The van der Waals surface area contributed by atoms with E-state index in [-0.39, 0.29) is 0 Å². The van der Waals surface area contributed by atoms with Gasteiger partial charge < -0.3 is 0 Å². The van der Waals surface area contributed by atoms with Crippen molar-refractivity contribution in [3.05, 3.63) is 36.2 Å². The Hall–Kier alpha value is -1.44. The van der Waals surface area contributed by atoms with Gasteiger partial charge in [0.25, 0.3) is 0 Å². The van der Waals surface area contributed by atoms with E-state index in [4.69, 9.17) is 0 Å². The minimum Gasteiger partial charge on any atom is -0.265 e. The second-order valence-corrected chi connectivity index (χ2v) is 2.07. The molecule has 0 atom stereocenters. The van der Waals surface area contributed by atoms with Crippen LogP contribution in [-0.4, -0.2) is 11.7 Å². The number of rotatable bonds is 2. The van der Waals surface area contributed by atoms with E-state index in [0.717, 1.165) is 11.3 Å². The van der Waals surface area contributed by atoms with Gasteiger partial charge in [0.2, 0.25) is 0 Å². The lowest BCUT2D eigenvalue weighted by atomic mass is 10.2. The summed E-state index contributed by atoms with van der Waals surface area (Å²) in [6, 6.07) is 3.81. The van der Waals surface area contributed by atoms with Gasteiger partial charge >= 0.3 is 0 Å². The molecule has 0 unspecified atom stereocenters. The first kappa shape index (κ1) is 7.66. The molecule has 0 aliphatic carbocycles. The smallest absolute Gasteiger partial charge is 0.0653 e. The summed E-state index contributed by atoms with van der Waals surface area (Å²) in [6.45, 7) is 5.40. The van der Waals surface area contributed by atoms with Crippen molar-refractivity contribution < 1.29 is 0 Å². The van der Waals surface area contributed by atoms with Crippen LogP contribution in [0.15, 0.2) is 35.6 Å². The number of pyridine rings is 1. The molecule has 0 amide bonds. The molecule has 2 nitrogen and oxygen atoms in total. The zero-order chi connectivity index (χ0) is 8.10. The van der Waals surface area contributed by atoms with Gasteiger partial charge in [-0.25, -0.2) is 0 Å². The van der Waals surface area contributed by atoms with E-state index in [1.54, 1.807) is 12.4 Å². The second-order valence-electron chi connectivity index (χ2n) is 2.07. The van der Waals surface area contributed by atoms with Gasteiger partial charge in [-0.2, -0.15) is 0 Å². The lowest BCUT2D eigenvalue weighted by molar-refractivity contribution is 1.31. The van der Waals surface area contributed by atoms with Crippen LogP contribution in [0, 0.1) is 0 Å². The van der Waals surface area contributed by atoms with Crippen LogP contribution < -0.4 is 0 Å². The second kappa shape index (κ2) is 3.66. The van der Waals surface area contributed by atoms with Crippen LogP contribution >= 0.6 is 0 Å². The van der Waals surface area contributed by atoms with E-state index in [1.807, 2.05) is 25.1 Å². The van der Waals surface area contributed by atoms with E-state index in [2.05, 4.69) is 16.7 Å². The van der Waals surface area contributed by atoms with Crippen molar-refractivity contribution in [2.75, 3.05) is 0 Å². The van der Waals surface area contributed by atoms with Crippen molar-refractivity contribution in [3.8, 4) is 0 Å². The molecule has 1 aromatic heterocycles. The largest absolute Gasteiger partial charge is 0.265 e. The molecule has 0 spiro atoms. The maximum atomic E-state index is 3.91. The van der Waals surface area contributed by atoms with E-state index in [0.29, 0.717) is 0 Å². The highest BCUT2D eigenvalue weighted by Crippen LogP contribution is 2.12. The molecule has 0 radical (unpaired) electrons. The number of hydrogen-bond acceptors (Lipinski definition) is 2. The Bertz CT molecular complexity index is 262. The Morgan fingerprint density at radius 1 is 1.55 bits per heavy atom. The highest BCUT2D eigenvalue weighted by molar-refractivity contribution is 5.67. The molecule has 0 aliphatic heterocycles. The molecule has 0 bridgehead atoms. The third-order valence-electron chi connectivity index (χ3n) is 1.42. The predicted molar refractivity (Wildman–Crippen MR) is 47.4 cm³/mol. The zero-order valence-corrected chi connectivity index (χ0v) is 6.49. The van der Waals surface area contributed by atoms with Crippen LogP contribution in [0.25, 0.3) is 5.70 Å². The first-order valence-electron chi connectivity index (χ1n) is 3.42. The summed E-state index contributed by atoms with van der Waals surface area (Å²) >= 11 is 0. The molecule has 11 heavy (non-hydrogen) atoms. The highest BCUT2D eigenvalue weighted by Gasteiger charge is 1.93. The average molecular weight is 146 g/mol. The summed E-state index contributed by atoms with van der Waals surface area (Å²) in [5, 5.41) is 0. The van der Waals surface area contributed by atoms with Gasteiger partial charge in [0, 0.05) is 18.0 Å². The molecule has 0 aliphatic rings. The molecule has 0 saturated heterocycles. The van der Waals surface area contributed by atoms with Gasteiger partial charge in [-0.15, -0.1) is 0 Å². The molecule has 1 aromatic rings. The van der Waals surface area contributed by atoms with E-state index >= 15 is 0 Å². The molecule has 2 heteroatoms. The normalized spacial score (nSPS) is 11.2. The van der Waals surface area contributed by atoms with Gasteiger partial charge in [-0.3, -0.25) is 9.98 Å². The number of allylic oxidation sites excluding steroid dienone is 1. The predicted octanol–water partition coefficient (Wildman–Crippen LogP) is 2.14. The molecule has 1 rings (SSSR count). The summed E-state index contributed by atoms with van der Waals surface area (Å²) < 4.78 is 0. The number of aliphatic imine (C=N–C) groups is 1. The number of hydrogen-bond donors (Lipinski definition) is 0. The Balaban J connectivity index is 3.01. The summed E-state index contributed by atoms with van der Waals surface area (Å²) in [6.07, 6.45) is 5.40. The van der Waals surface area contributed by atoms with Crippen molar-refractivity contribution in [1.82, 2.24) is 4.98 Å². The maximum Gasteiger partial charge on any atom is 0.0653 e. The molecule has 0 aromatic carbocycles. The van der Waals surface area contributed by atoms with Gasteiger partial charge in [-0.1, -0.05) is 6.08 Å². The number of nitrogens with zero attached hydrogens (tertiary/aromatic N) is 2. The summed E-state index contributed by atoms with van der Waals surface area (Å²) in [5.74, 6) is 0. The standard InChI is InChI=1S/C9H10N2/c1-3-9(10-2)8-4-6-11-7-5-8/h3-7H,2H2,1H3/b9-3+. The van der Waals surface area contributed by atoms with E-state index in [1.165, 1.54) is 0 Å². The molecular formula is C9H10N2. The summed E-state index contributed by atoms with van der Waals surface area (Å²) in [4.78, 5) is 7.77. The van der Waals surface area contributed by atoms with Crippen LogP contribution in [0.1, 0.15) is 12.5 Å². The number of aromatic nitrogens is 1. The first-order chi connectivity index (χ1) is 5.38. The fourth-order valence-corrected chi connectivity index (χ4v) is 0.872. The van der Waals surface area contributed by atoms with Crippen molar-refractivity contribution in [2.24, 2.45) is 4.99 Å². The van der Waals surface area contributed by atoms with Crippen LogP contribution in [0.3, 0.4) is 0 Å². The average Bonchev–Trinajstić information content (AvgIpc) is 2.09. The van der Waals surface area contributed by atoms with Crippen molar-refractivity contribution >= 4 is 12.4 Å². The topological polar surface area (TPSA) is 25.2 Å². The van der Waals surface area contributed by atoms with E-state index < -0.39 is 0 Å². The zero-order valence-electron chi connectivity index (χ0n) is 6.49. The van der Waals surface area contributed by atoms with Gasteiger partial charge in [0.15, 0.2) is 0 Å². The first-order valence-corrected chi connectivity index (χ1v) is 3.42. The molecule has 56 valence electrons. The van der Waals surface area contributed by atoms with Crippen molar-refractivity contribution in [3.63, 3.8) is 0 Å². The van der Waals surface area contributed by atoms with Gasteiger partial charge in [0.05, 0.1) is 5.70 Å². The van der Waals surface area contributed by atoms with Crippen molar-refractivity contribution in [2.45, 2.75) is 6.92 Å². The molecule has 0 saturated carbocycles. The minimum atomic E-state index is 0.896. The van der Waals surface area contributed by atoms with Crippen LogP contribution in [0.5, 0.6) is 0 Å². The molecule has 0 fully saturated rings. The van der Waals surface area contributed by atoms with Crippen LogP contribution in [0.4, 0.5) is 0 Å². The fourth-order valence-electron chi connectivity index (χ4n) is 0.872. The maximum absolute atomic E-state index is 3.91. The van der Waals surface area contributed by atoms with Crippen molar-refractivity contribution in [1.29, 1.82) is 0 Å². The van der Waals surface area contributed by atoms with E-state index in [9.17, 15) is 0 Å². The molecule has 0 N–H and O–H groups in total. The molecular weight excluding hydrogens is 136 g/mol. The summed E-state index contributed by atoms with van der Waals surface area (Å²) in [5.41, 5.74) is 1.95. The SMILES string of the molecule is C=N/C(=C/C)c1ccncc1. The van der Waals surface area contributed by atoms with Crippen LogP contribution in [0.2, 0.25) is 0 Å². The Morgan fingerprint density at radius 3 is 2.64 bits per heavy atom. The highest BCUT2D eigenvalue weighted by atomic mass is 14.7. The lowest BCUT2D eigenvalue weighted by Gasteiger charge is -1.97. The van der Waals surface area contributed by atoms with Gasteiger partial charge in [-0.05, 0) is 25.8 Å². The Labute approximate surface area is 66.3 Å².